The van der Waals surface area contributed by atoms with Crippen LogP contribution in [0.5, 0.6) is 5.75 Å². The fourth-order valence-electron chi connectivity index (χ4n) is 3.25. The Morgan fingerprint density at radius 3 is 2.76 bits per heavy atom. The van der Waals surface area contributed by atoms with Crippen molar-refractivity contribution in [2.24, 2.45) is 0 Å². The quantitative estimate of drug-likeness (QED) is 0.815. The van der Waals surface area contributed by atoms with E-state index in [1.165, 1.54) is 0 Å². The van der Waals surface area contributed by atoms with Crippen molar-refractivity contribution in [3.8, 4) is 5.75 Å². The van der Waals surface area contributed by atoms with Gasteiger partial charge in [0.25, 0.3) is 0 Å². The first-order chi connectivity index (χ1) is 12.0. The second-order valence-electron chi connectivity index (χ2n) is 6.65. The standard InChI is InChI=1S/C17H26N2O5S/c1-13-17(3-2-8-18-13)24-15-6-4-14(5-7-15)19-25(20,21)12-16-11-22-9-10-23-16/h2-3,8,14-16,19H,4-7,9-12H2,1H3. The zero-order chi connectivity index (χ0) is 17.7. The van der Waals surface area contributed by atoms with Gasteiger partial charge in [-0.15, -0.1) is 0 Å². The molecule has 140 valence electrons. The van der Waals surface area contributed by atoms with Crippen molar-refractivity contribution >= 4 is 10.0 Å². The number of nitrogens with zero attached hydrogens (tertiary/aromatic N) is 1. The minimum atomic E-state index is -3.37. The van der Waals surface area contributed by atoms with Gasteiger partial charge in [0.15, 0.2) is 0 Å². The number of aryl methyl sites for hydroxylation is 1. The maximum absolute atomic E-state index is 12.3. The number of sulfonamides is 1. The largest absolute Gasteiger partial charge is 0.489 e. The SMILES string of the molecule is Cc1ncccc1OC1CCC(NS(=O)(=O)CC2COCCO2)CC1. The molecule has 1 saturated heterocycles. The summed E-state index contributed by atoms with van der Waals surface area (Å²) >= 11 is 0. The molecule has 0 spiro atoms. The second-order valence-corrected chi connectivity index (χ2v) is 8.44. The second kappa shape index (κ2) is 8.44. The van der Waals surface area contributed by atoms with E-state index in [0.717, 1.165) is 37.1 Å². The highest BCUT2D eigenvalue weighted by molar-refractivity contribution is 7.89. The lowest BCUT2D eigenvalue weighted by molar-refractivity contribution is -0.0783. The minimum absolute atomic E-state index is 0.0376. The van der Waals surface area contributed by atoms with Crippen LogP contribution in [0.15, 0.2) is 18.3 Å². The zero-order valence-corrected chi connectivity index (χ0v) is 15.3. The maximum Gasteiger partial charge on any atom is 0.214 e. The lowest BCUT2D eigenvalue weighted by Gasteiger charge is -2.30. The molecule has 0 radical (unpaired) electrons. The van der Waals surface area contributed by atoms with E-state index in [9.17, 15) is 8.42 Å². The van der Waals surface area contributed by atoms with Crippen LogP contribution in [0.2, 0.25) is 0 Å². The number of nitrogens with one attached hydrogen (secondary N) is 1. The molecule has 0 aromatic carbocycles. The van der Waals surface area contributed by atoms with Crippen LogP contribution in [0, 0.1) is 6.92 Å². The van der Waals surface area contributed by atoms with Crippen molar-refractivity contribution in [3.63, 3.8) is 0 Å². The maximum atomic E-state index is 12.3. The molecule has 3 rings (SSSR count). The van der Waals surface area contributed by atoms with E-state index in [1.54, 1.807) is 6.20 Å². The Morgan fingerprint density at radius 1 is 1.28 bits per heavy atom. The van der Waals surface area contributed by atoms with Crippen LogP contribution >= 0.6 is 0 Å². The van der Waals surface area contributed by atoms with Crippen molar-refractivity contribution in [3.05, 3.63) is 24.0 Å². The Kier molecular flexibility index (Phi) is 6.27. The Hall–Kier alpha value is -1.22. The number of hydrogen-bond acceptors (Lipinski definition) is 6. The summed E-state index contributed by atoms with van der Waals surface area (Å²) < 4.78 is 44.1. The third kappa shape index (κ3) is 5.64. The van der Waals surface area contributed by atoms with Crippen LogP contribution in [0.25, 0.3) is 0 Å². The molecule has 1 saturated carbocycles. The van der Waals surface area contributed by atoms with Gasteiger partial charge in [-0.25, -0.2) is 13.1 Å². The van der Waals surface area contributed by atoms with E-state index >= 15 is 0 Å². The predicted molar refractivity (Wildman–Crippen MR) is 93.1 cm³/mol. The lowest BCUT2D eigenvalue weighted by atomic mass is 9.93. The van der Waals surface area contributed by atoms with Crippen molar-refractivity contribution in [1.82, 2.24) is 9.71 Å². The van der Waals surface area contributed by atoms with Crippen molar-refractivity contribution in [2.45, 2.75) is 50.9 Å². The Labute approximate surface area is 149 Å². The summed E-state index contributed by atoms with van der Waals surface area (Å²) in [6.45, 7) is 3.25. The number of aromatic nitrogens is 1. The van der Waals surface area contributed by atoms with Gasteiger partial charge < -0.3 is 14.2 Å². The van der Waals surface area contributed by atoms with Crippen molar-refractivity contribution in [2.75, 3.05) is 25.6 Å². The Morgan fingerprint density at radius 2 is 2.08 bits per heavy atom. The van der Waals surface area contributed by atoms with Crippen LogP contribution < -0.4 is 9.46 Å². The van der Waals surface area contributed by atoms with E-state index in [4.69, 9.17) is 14.2 Å². The third-order valence-electron chi connectivity index (χ3n) is 4.56. The minimum Gasteiger partial charge on any atom is -0.489 e. The Balaban J connectivity index is 1.44. The highest BCUT2D eigenvalue weighted by atomic mass is 32.2. The van der Waals surface area contributed by atoms with Gasteiger partial charge in [0.2, 0.25) is 10.0 Å². The summed E-state index contributed by atoms with van der Waals surface area (Å²) in [5, 5.41) is 0. The zero-order valence-electron chi connectivity index (χ0n) is 14.5. The van der Waals surface area contributed by atoms with Crippen LogP contribution in [-0.2, 0) is 19.5 Å². The van der Waals surface area contributed by atoms with Gasteiger partial charge in [-0.2, -0.15) is 0 Å². The average molecular weight is 370 g/mol. The molecule has 1 aromatic heterocycles. The molecule has 8 heteroatoms. The van der Waals surface area contributed by atoms with E-state index in [1.807, 2.05) is 19.1 Å². The molecule has 2 heterocycles. The molecule has 25 heavy (non-hydrogen) atoms. The van der Waals surface area contributed by atoms with E-state index < -0.39 is 10.0 Å². The Bertz CT molecular complexity index is 653. The fourth-order valence-corrected chi connectivity index (χ4v) is 4.77. The molecule has 1 unspecified atom stereocenters. The lowest BCUT2D eigenvalue weighted by Crippen LogP contribution is -2.44. The molecule has 2 aliphatic rings. The van der Waals surface area contributed by atoms with E-state index in [0.29, 0.717) is 19.8 Å². The van der Waals surface area contributed by atoms with E-state index in [-0.39, 0.29) is 24.0 Å². The smallest absolute Gasteiger partial charge is 0.214 e. The fraction of sp³-hybridized carbons (Fsp3) is 0.706. The molecule has 1 aliphatic carbocycles. The number of pyridine rings is 1. The van der Waals surface area contributed by atoms with Gasteiger partial charge in [-0.1, -0.05) is 0 Å². The molecular formula is C17H26N2O5S. The average Bonchev–Trinajstić information content (AvgIpc) is 2.59. The van der Waals surface area contributed by atoms with Gasteiger partial charge in [-0.3, -0.25) is 4.98 Å². The number of rotatable bonds is 6. The van der Waals surface area contributed by atoms with Crippen LogP contribution in [0.1, 0.15) is 31.4 Å². The molecule has 1 atom stereocenters. The van der Waals surface area contributed by atoms with Crippen LogP contribution in [0.4, 0.5) is 0 Å². The molecule has 0 bridgehead atoms. The summed E-state index contributed by atoms with van der Waals surface area (Å²) in [6.07, 6.45) is 4.67. The van der Waals surface area contributed by atoms with E-state index in [2.05, 4.69) is 9.71 Å². The summed E-state index contributed by atoms with van der Waals surface area (Å²) in [5.41, 5.74) is 0.875. The van der Waals surface area contributed by atoms with Gasteiger partial charge in [0.05, 0.1) is 43.5 Å². The normalized spacial score (nSPS) is 27.8. The van der Waals surface area contributed by atoms with Gasteiger partial charge >= 0.3 is 0 Å². The highest BCUT2D eigenvalue weighted by Gasteiger charge is 2.28. The first kappa shape index (κ1) is 18.6. The molecule has 1 aromatic rings. The summed E-state index contributed by atoms with van der Waals surface area (Å²) in [6, 6.07) is 3.74. The summed E-state index contributed by atoms with van der Waals surface area (Å²) in [7, 11) is -3.37. The number of hydrogen-bond donors (Lipinski definition) is 1. The predicted octanol–water partition coefficient (Wildman–Crippen LogP) is 1.41. The molecule has 1 N–H and O–H groups in total. The van der Waals surface area contributed by atoms with Gasteiger partial charge in [0, 0.05) is 12.2 Å². The van der Waals surface area contributed by atoms with Gasteiger partial charge in [0.1, 0.15) is 5.75 Å². The first-order valence-corrected chi connectivity index (χ1v) is 10.4. The molecule has 7 nitrogen and oxygen atoms in total. The number of ether oxygens (including phenoxy) is 3. The molecular weight excluding hydrogens is 344 g/mol. The molecule has 1 aliphatic heterocycles. The highest BCUT2D eigenvalue weighted by Crippen LogP contribution is 2.25. The molecule has 0 amide bonds. The van der Waals surface area contributed by atoms with Crippen LogP contribution in [0.3, 0.4) is 0 Å². The molecule has 2 fully saturated rings. The summed E-state index contributed by atoms with van der Waals surface area (Å²) in [4.78, 5) is 4.22. The van der Waals surface area contributed by atoms with Crippen LogP contribution in [-0.4, -0.2) is 57.2 Å². The first-order valence-electron chi connectivity index (χ1n) is 8.79. The summed E-state index contributed by atoms with van der Waals surface area (Å²) in [5.74, 6) is 0.763. The van der Waals surface area contributed by atoms with Crippen molar-refractivity contribution in [1.29, 1.82) is 0 Å². The third-order valence-corrected chi connectivity index (χ3v) is 6.07. The van der Waals surface area contributed by atoms with Gasteiger partial charge in [-0.05, 0) is 44.7 Å². The van der Waals surface area contributed by atoms with Crippen molar-refractivity contribution < 1.29 is 22.6 Å². The topological polar surface area (TPSA) is 86.8 Å². The monoisotopic (exact) mass is 370 g/mol.